The smallest absolute Gasteiger partial charge is 0.337 e. The molecule has 0 aromatic heterocycles. The molecule has 5 heteroatoms. The van der Waals surface area contributed by atoms with Crippen molar-refractivity contribution in [1.82, 2.24) is 5.32 Å². The van der Waals surface area contributed by atoms with Crippen LogP contribution in [0.15, 0.2) is 24.3 Å². The largest absolute Gasteiger partial charge is 0.478 e. The van der Waals surface area contributed by atoms with Gasteiger partial charge in [-0.25, -0.2) is 9.59 Å². The van der Waals surface area contributed by atoms with Crippen molar-refractivity contribution >= 4 is 17.7 Å². The zero-order valence-corrected chi connectivity index (χ0v) is 12.5. The Morgan fingerprint density at radius 2 is 1.90 bits per heavy atom. The molecule has 2 unspecified atom stereocenters. The van der Waals surface area contributed by atoms with Crippen LogP contribution in [0.4, 0.5) is 10.5 Å². The number of anilines is 1. The fourth-order valence-corrected chi connectivity index (χ4v) is 2.84. The Morgan fingerprint density at radius 3 is 2.57 bits per heavy atom. The monoisotopic (exact) mass is 290 g/mol. The van der Waals surface area contributed by atoms with E-state index in [2.05, 4.69) is 12.2 Å². The Morgan fingerprint density at radius 1 is 1.24 bits per heavy atom. The van der Waals surface area contributed by atoms with E-state index >= 15 is 0 Å². The van der Waals surface area contributed by atoms with Crippen LogP contribution in [0.2, 0.25) is 0 Å². The second kappa shape index (κ2) is 6.61. The molecule has 2 atom stereocenters. The lowest BCUT2D eigenvalue weighted by molar-refractivity contribution is 0.0697. The molecule has 114 valence electrons. The van der Waals surface area contributed by atoms with Gasteiger partial charge in [0, 0.05) is 13.1 Å². The summed E-state index contributed by atoms with van der Waals surface area (Å²) in [7, 11) is 1.60. The lowest BCUT2D eigenvalue weighted by Gasteiger charge is -2.31. The van der Waals surface area contributed by atoms with E-state index in [9.17, 15) is 14.7 Å². The average Bonchev–Trinajstić information content (AvgIpc) is 2.48. The predicted octanol–water partition coefficient (Wildman–Crippen LogP) is 3.11. The minimum absolute atomic E-state index is 0.131. The predicted molar refractivity (Wildman–Crippen MR) is 81.8 cm³/mol. The molecule has 21 heavy (non-hydrogen) atoms. The van der Waals surface area contributed by atoms with Crippen molar-refractivity contribution in [3.05, 3.63) is 29.8 Å². The number of nitrogens with one attached hydrogen (secondary N) is 1. The molecule has 1 aromatic carbocycles. The number of carbonyl (C=O) groups excluding carboxylic acids is 1. The number of rotatable bonds is 3. The molecule has 0 saturated heterocycles. The summed E-state index contributed by atoms with van der Waals surface area (Å²) in [6.45, 7) is 2.15. The van der Waals surface area contributed by atoms with E-state index in [0.29, 0.717) is 11.6 Å². The van der Waals surface area contributed by atoms with Crippen LogP contribution in [-0.4, -0.2) is 30.2 Å². The number of carboxylic acids is 1. The van der Waals surface area contributed by atoms with Crippen LogP contribution in [-0.2, 0) is 0 Å². The third-order valence-electron chi connectivity index (χ3n) is 4.22. The fourth-order valence-electron chi connectivity index (χ4n) is 2.84. The van der Waals surface area contributed by atoms with Crippen LogP contribution in [0.25, 0.3) is 0 Å². The number of hydrogen-bond acceptors (Lipinski definition) is 2. The van der Waals surface area contributed by atoms with Gasteiger partial charge in [0.15, 0.2) is 0 Å². The van der Waals surface area contributed by atoms with Crippen LogP contribution in [0.1, 0.15) is 43.0 Å². The molecule has 0 aliphatic heterocycles. The molecular formula is C16H22N2O3. The molecule has 1 fully saturated rings. The lowest BCUT2D eigenvalue weighted by atomic mass is 9.86. The van der Waals surface area contributed by atoms with Crippen molar-refractivity contribution in [3.8, 4) is 0 Å². The number of aromatic carboxylic acids is 1. The maximum absolute atomic E-state index is 12.4. The number of carbonyl (C=O) groups is 2. The number of para-hydroxylation sites is 1. The molecule has 2 rings (SSSR count). The number of nitrogens with zero attached hydrogens (tertiary/aromatic N) is 1. The van der Waals surface area contributed by atoms with Gasteiger partial charge in [0.05, 0.1) is 11.3 Å². The first-order chi connectivity index (χ1) is 10.0. The van der Waals surface area contributed by atoms with Gasteiger partial charge in [0.25, 0.3) is 0 Å². The summed E-state index contributed by atoms with van der Waals surface area (Å²) in [5.74, 6) is -0.567. The molecule has 2 amide bonds. The van der Waals surface area contributed by atoms with E-state index in [1.807, 2.05) is 0 Å². The van der Waals surface area contributed by atoms with Gasteiger partial charge in [0.2, 0.25) is 0 Å². The zero-order chi connectivity index (χ0) is 15.4. The van der Waals surface area contributed by atoms with E-state index in [0.717, 1.165) is 19.3 Å². The molecule has 0 spiro atoms. The van der Waals surface area contributed by atoms with E-state index in [-0.39, 0.29) is 17.6 Å². The van der Waals surface area contributed by atoms with E-state index in [4.69, 9.17) is 0 Å². The maximum atomic E-state index is 12.4. The Kier molecular flexibility index (Phi) is 4.83. The number of urea groups is 1. The van der Waals surface area contributed by atoms with Gasteiger partial charge in [-0.15, -0.1) is 0 Å². The minimum atomic E-state index is -1.03. The van der Waals surface area contributed by atoms with Crippen LogP contribution in [0.3, 0.4) is 0 Å². The van der Waals surface area contributed by atoms with Gasteiger partial charge in [-0.3, -0.25) is 4.90 Å². The number of benzene rings is 1. The molecular weight excluding hydrogens is 268 g/mol. The standard InChI is InChI=1S/C16H22N2O3/c1-11-7-3-5-9-13(11)17-16(21)18(2)14-10-6-4-8-12(14)15(19)20/h4,6,8,10-11,13H,3,5,7,9H2,1-2H3,(H,17,21)(H,19,20). The van der Waals surface area contributed by atoms with Crippen molar-refractivity contribution in [1.29, 1.82) is 0 Å². The SMILES string of the molecule is CC1CCCCC1NC(=O)N(C)c1ccccc1C(=O)O. The highest BCUT2D eigenvalue weighted by Gasteiger charge is 2.25. The first-order valence-electron chi connectivity index (χ1n) is 7.37. The van der Waals surface area contributed by atoms with Crippen molar-refractivity contribution < 1.29 is 14.7 Å². The summed E-state index contributed by atoms with van der Waals surface area (Å²) in [6.07, 6.45) is 4.46. The van der Waals surface area contributed by atoms with Crippen LogP contribution in [0.5, 0.6) is 0 Å². The second-order valence-electron chi connectivity index (χ2n) is 5.70. The van der Waals surface area contributed by atoms with Crippen LogP contribution >= 0.6 is 0 Å². The normalized spacial score (nSPS) is 21.6. The summed E-state index contributed by atoms with van der Waals surface area (Å²) in [5.41, 5.74) is 0.540. The van der Waals surface area contributed by atoms with Gasteiger partial charge in [-0.05, 0) is 30.9 Å². The van der Waals surface area contributed by atoms with Crippen LogP contribution < -0.4 is 10.2 Å². The molecule has 0 heterocycles. The van der Waals surface area contributed by atoms with E-state index in [1.165, 1.54) is 17.4 Å². The summed E-state index contributed by atoms with van der Waals surface area (Å²) < 4.78 is 0. The highest BCUT2D eigenvalue weighted by atomic mass is 16.4. The molecule has 0 radical (unpaired) electrons. The first kappa shape index (κ1) is 15.4. The Hall–Kier alpha value is -2.04. The molecule has 5 nitrogen and oxygen atoms in total. The number of amides is 2. The van der Waals surface area contributed by atoms with Crippen molar-refractivity contribution in [2.75, 3.05) is 11.9 Å². The third kappa shape index (κ3) is 3.54. The van der Waals surface area contributed by atoms with Gasteiger partial charge >= 0.3 is 12.0 Å². The topological polar surface area (TPSA) is 69.6 Å². The zero-order valence-electron chi connectivity index (χ0n) is 12.5. The van der Waals surface area contributed by atoms with Crippen LogP contribution in [0, 0.1) is 5.92 Å². The molecule has 2 N–H and O–H groups in total. The Labute approximate surface area is 125 Å². The van der Waals surface area contributed by atoms with Crippen molar-refractivity contribution in [2.45, 2.75) is 38.6 Å². The lowest BCUT2D eigenvalue weighted by Crippen LogP contribution is -2.47. The summed E-state index contributed by atoms with van der Waals surface area (Å²) in [5, 5.41) is 12.2. The summed E-state index contributed by atoms with van der Waals surface area (Å²) >= 11 is 0. The van der Waals surface area contributed by atoms with Crippen molar-refractivity contribution in [2.24, 2.45) is 5.92 Å². The Balaban J connectivity index is 2.10. The van der Waals surface area contributed by atoms with E-state index in [1.54, 1.807) is 25.2 Å². The number of carboxylic acid groups (broad SMARTS) is 1. The highest BCUT2D eigenvalue weighted by Crippen LogP contribution is 2.25. The van der Waals surface area contributed by atoms with Gasteiger partial charge < -0.3 is 10.4 Å². The molecule has 1 aliphatic carbocycles. The molecule has 1 aliphatic rings. The first-order valence-corrected chi connectivity index (χ1v) is 7.37. The van der Waals surface area contributed by atoms with Gasteiger partial charge in [-0.1, -0.05) is 31.9 Å². The summed E-state index contributed by atoms with van der Waals surface area (Å²) in [4.78, 5) is 25.0. The maximum Gasteiger partial charge on any atom is 0.337 e. The van der Waals surface area contributed by atoms with Gasteiger partial charge in [-0.2, -0.15) is 0 Å². The Bertz CT molecular complexity index is 530. The highest BCUT2D eigenvalue weighted by molar-refractivity contribution is 6.01. The third-order valence-corrected chi connectivity index (χ3v) is 4.22. The summed E-state index contributed by atoms with van der Waals surface area (Å²) in [6, 6.07) is 6.46. The van der Waals surface area contributed by atoms with Crippen molar-refractivity contribution in [3.63, 3.8) is 0 Å². The number of hydrogen-bond donors (Lipinski definition) is 2. The minimum Gasteiger partial charge on any atom is -0.478 e. The molecule has 1 aromatic rings. The van der Waals surface area contributed by atoms with E-state index < -0.39 is 5.97 Å². The second-order valence-corrected chi connectivity index (χ2v) is 5.70. The fraction of sp³-hybridized carbons (Fsp3) is 0.500. The molecule has 0 bridgehead atoms. The quantitative estimate of drug-likeness (QED) is 0.898. The van der Waals surface area contributed by atoms with Gasteiger partial charge in [0.1, 0.15) is 0 Å². The average molecular weight is 290 g/mol. The molecule has 1 saturated carbocycles.